The van der Waals surface area contributed by atoms with Crippen molar-refractivity contribution in [1.82, 2.24) is 15.2 Å². The molecule has 2 saturated heterocycles. The maximum Gasteiger partial charge on any atom is 0.415 e. The average Bonchev–Trinajstić information content (AvgIpc) is 3.25. The van der Waals surface area contributed by atoms with Crippen LogP contribution in [0.25, 0.3) is 11.1 Å². The van der Waals surface area contributed by atoms with Crippen molar-refractivity contribution in [3.63, 3.8) is 0 Å². The standard InChI is InChI=1S/C29H31N5O5/c1-16(35)31-12-24-23-10-19-9-17(5-7-22(19)34(23)27(37)38-24)18-6-8-25(32-11-18)29(15-30)20-13-33(14-21(20)29)26(36)39-28(2,3)4/h5-9,11,20-21,23-24H,10,12-14H2,1-4H3,(H,31,35)/t20?,21?,23-,24-,29?/m0/s1. The van der Waals surface area contributed by atoms with E-state index in [1.807, 2.05) is 45.0 Å². The number of pyridine rings is 1. The summed E-state index contributed by atoms with van der Waals surface area (Å²) in [5.74, 6) is -0.0642. The van der Waals surface area contributed by atoms with Gasteiger partial charge in [0, 0.05) is 43.6 Å². The molecule has 0 bridgehead atoms. The first-order valence-electron chi connectivity index (χ1n) is 13.2. The Morgan fingerprint density at radius 1 is 1.21 bits per heavy atom. The van der Waals surface area contributed by atoms with E-state index in [1.165, 1.54) is 6.92 Å². The predicted molar refractivity (Wildman–Crippen MR) is 141 cm³/mol. The van der Waals surface area contributed by atoms with Gasteiger partial charge in [-0.3, -0.25) is 14.7 Å². The fraction of sp³-hybridized carbons (Fsp3) is 0.483. The Kier molecular flexibility index (Phi) is 5.61. The molecular formula is C29H31N5O5. The normalized spacial score (nSPS) is 28.2. The number of carbonyl (C=O) groups excluding carboxylic acids is 3. The van der Waals surface area contributed by atoms with E-state index in [4.69, 9.17) is 14.5 Å². The summed E-state index contributed by atoms with van der Waals surface area (Å²) in [6, 6.07) is 12.2. The van der Waals surface area contributed by atoms with Gasteiger partial charge >= 0.3 is 12.2 Å². The Labute approximate surface area is 226 Å². The molecule has 10 heteroatoms. The molecular weight excluding hydrogens is 498 g/mol. The van der Waals surface area contributed by atoms with Crippen molar-refractivity contribution in [1.29, 1.82) is 5.26 Å². The zero-order chi connectivity index (χ0) is 27.7. The molecule has 202 valence electrons. The first-order valence-corrected chi connectivity index (χ1v) is 13.2. The van der Waals surface area contributed by atoms with E-state index in [0.29, 0.717) is 19.5 Å². The molecule has 1 saturated carbocycles. The number of nitrogens with zero attached hydrogens (tertiary/aromatic N) is 4. The van der Waals surface area contributed by atoms with Gasteiger partial charge in [-0.2, -0.15) is 5.26 Å². The molecule has 4 aliphatic rings. The number of cyclic esters (lactones) is 1. The lowest BCUT2D eigenvalue weighted by Gasteiger charge is -2.27. The number of ether oxygens (including phenoxy) is 2. The van der Waals surface area contributed by atoms with E-state index < -0.39 is 23.2 Å². The summed E-state index contributed by atoms with van der Waals surface area (Å²) in [7, 11) is 0. The molecule has 10 nitrogen and oxygen atoms in total. The number of aromatic nitrogens is 1. The minimum atomic E-state index is -0.678. The van der Waals surface area contributed by atoms with Crippen LogP contribution in [-0.2, 0) is 26.1 Å². The van der Waals surface area contributed by atoms with Gasteiger partial charge < -0.3 is 19.7 Å². The maximum absolute atomic E-state index is 12.5. The van der Waals surface area contributed by atoms with Crippen LogP contribution in [0.2, 0.25) is 0 Å². The third kappa shape index (κ3) is 4.08. The zero-order valence-corrected chi connectivity index (χ0v) is 22.4. The van der Waals surface area contributed by atoms with E-state index in [2.05, 4.69) is 17.5 Å². The highest BCUT2D eigenvalue weighted by molar-refractivity contribution is 5.94. The molecule has 0 spiro atoms. The smallest absolute Gasteiger partial charge is 0.415 e. The number of likely N-dealkylation sites (tertiary alicyclic amines) is 1. The van der Waals surface area contributed by atoms with Gasteiger partial charge in [0.05, 0.1) is 30.0 Å². The molecule has 3 aliphatic heterocycles. The van der Waals surface area contributed by atoms with Crippen molar-refractivity contribution < 1.29 is 23.9 Å². The van der Waals surface area contributed by atoms with E-state index >= 15 is 0 Å². The molecule has 39 heavy (non-hydrogen) atoms. The molecule has 3 fully saturated rings. The van der Waals surface area contributed by atoms with Gasteiger partial charge in [-0.1, -0.05) is 12.1 Å². The van der Waals surface area contributed by atoms with Crippen LogP contribution in [0.15, 0.2) is 36.5 Å². The number of anilines is 1. The van der Waals surface area contributed by atoms with Crippen molar-refractivity contribution >= 4 is 23.8 Å². The lowest BCUT2D eigenvalue weighted by Crippen LogP contribution is -2.40. The molecule has 4 heterocycles. The van der Waals surface area contributed by atoms with Crippen LogP contribution in [0.3, 0.4) is 0 Å². The number of hydrogen-bond acceptors (Lipinski definition) is 7. The highest BCUT2D eigenvalue weighted by atomic mass is 16.6. The first-order chi connectivity index (χ1) is 18.5. The second kappa shape index (κ2) is 8.70. The molecule has 2 aromatic rings. The van der Waals surface area contributed by atoms with Crippen LogP contribution in [0.1, 0.15) is 39.0 Å². The number of amides is 3. The highest BCUT2D eigenvalue weighted by Gasteiger charge is 2.71. The van der Waals surface area contributed by atoms with Crippen LogP contribution < -0.4 is 10.2 Å². The number of hydrogen-bond donors (Lipinski definition) is 1. The Morgan fingerprint density at radius 3 is 2.54 bits per heavy atom. The fourth-order valence-electron chi connectivity index (χ4n) is 6.40. The molecule has 3 amide bonds. The molecule has 1 N–H and O–H groups in total. The monoisotopic (exact) mass is 529 g/mol. The summed E-state index contributed by atoms with van der Waals surface area (Å²) < 4.78 is 11.0. The minimum Gasteiger partial charge on any atom is -0.444 e. The molecule has 1 aliphatic carbocycles. The van der Waals surface area contributed by atoms with E-state index in [9.17, 15) is 19.6 Å². The fourth-order valence-corrected chi connectivity index (χ4v) is 6.40. The van der Waals surface area contributed by atoms with Gasteiger partial charge in [0.15, 0.2) is 0 Å². The van der Waals surface area contributed by atoms with Gasteiger partial charge in [0.2, 0.25) is 5.91 Å². The largest absolute Gasteiger partial charge is 0.444 e. The number of nitrogens with one attached hydrogen (secondary N) is 1. The van der Waals surface area contributed by atoms with E-state index in [-0.39, 0.29) is 36.4 Å². The van der Waals surface area contributed by atoms with Gasteiger partial charge in [-0.15, -0.1) is 0 Å². The van der Waals surface area contributed by atoms with Crippen LogP contribution >= 0.6 is 0 Å². The summed E-state index contributed by atoms with van der Waals surface area (Å²) in [4.78, 5) is 44.4. The topological polar surface area (TPSA) is 125 Å². The van der Waals surface area contributed by atoms with Gasteiger partial charge in [0.1, 0.15) is 17.1 Å². The molecule has 2 unspecified atom stereocenters. The van der Waals surface area contributed by atoms with E-state index in [0.717, 1.165) is 28.1 Å². The number of nitriles is 1. The summed E-state index contributed by atoms with van der Waals surface area (Å²) in [6.45, 7) is 8.24. The lowest BCUT2D eigenvalue weighted by atomic mass is 9.95. The number of rotatable bonds is 4. The Hall–Kier alpha value is -4.13. The minimum absolute atomic E-state index is 0.0482. The molecule has 1 aromatic heterocycles. The highest BCUT2D eigenvalue weighted by Crippen LogP contribution is 2.63. The van der Waals surface area contributed by atoms with Crippen molar-refractivity contribution in [2.45, 2.75) is 57.3 Å². The van der Waals surface area contributed by atoms with Crippen molar-refractivity contribution in [3.05, 3.63) is 47.8 Å². The Balaban J connectivity index is 1.16. The SMILES string of the molecule is CC(=O)NC[C@@H]1OC(=O)N2c3ccc(-c4ccc(C5(C#N)C6CN(C(=O)OC(C)(C)C)CC65)nc4)cc3C[C@@H]12. The van der Waals surface area contributed by atoms with Crippen LogP contribution in [0.5, 0.6) is 0 Å². The summed E-state index contributed by atoms with van der Waals surface area (Å²) in [6.07, 6.45) is 1.30. The van der Waals surface area contributed by atoms with Crippen LogP contribution in [0, 0.1) is 23.2 Å². The molecule has 6 rings (SSSR count). The molecule has 1 aromatic carbocycles. The Morgan fingerprint density at radius 2 is 1.92 bits per heavy atom. The quantitative estimate of drug-likeness (QED) is 0.644. The van der Waals surface area contributed by atoms with Crippen LogP contribution in [0.4, 0.5) is 15.3 Å². The lowest BCUT2D eigenvalue weighted by molar-refractivity contribution is -0.119. The number of benzene rings is 1. The summed E-state index contributed by atoms with van der Waals surface area (Å²) >= 11 is 0. The maximum atomic E-state index is 12.5. The van der Waals surface area contributed by atoms with Gasteiger partial charge in [-0.05, 0) is 56.5 Å². The van der Waals surface area contributed by atoms with Gasteiger partial charge in [0.25, 0.3) is 0 Å². The Bertz CT molecular complexity index is 1400. The zero-order valence-electron chi connectivity index (χ0n) is 22.4. The number of carbonyl (C=O) groups is 3. The molecule has 0 radical (unpaired) electrons. The van der Waals surface area contributed by atoms with Crippen molar-refractivity contribution in [2.75, 3.05) is 24.5 Å². The average molecular weight is 530 g/mol. The van der Waals surface area contributed by atoms with Crippen LogP contribution in [-0.4, -0.2) is 65.4 Å². The second-order valence-electron chi connectivity index (χ2n) is 11.9. The van der Waals surface area contributed by atoms with Gasteiger partial charge in [-0.25, -0.2) is 9.59 Å². The summed E-state index contributed by atoms with van der Waals surface area (Å²) in [5, 5.41) is 12.9. The third-order valence-corrected chi connectivity index (χ3v) is 8.27. The van der Waals surface area contributed by atoms with Crippen molar-refractivity contribution in [2.24, 2.45) is 11.8 Å². The first kappa shape index (κ1) is 25.2. The number of piperidine rings is 1. The second-order valence-corrected chi connectivity index (χ2v) is 11.9. The third-order valence-electron chi connectivity index (χ3n) is 8.27. The van der Waals surface area contributed by atoms with E-state index in [1.54, 1.807) is 16.0 Å². The van der Waals surface area contributed by atoms with Crippen molar-refractivity contribution in [3.8, 4) is 17.2 Å². The molecule has 4 atom stereocenters. The summed E-state index contributed by atoms with van der Waals surface area (Å²) in [5.41, 5.74) is 3.25. The number of fused-ring (bicyclic) bond motifs is 4. The predicted octanol–water partition coefficient (Wildman–Crippen LogP) is 3.39.